The lowest BCUT2D eigenvalue weighted by molar-refractivity contribution is -0.159. The van der Waals surface area contributed by atoms with E-state index < -0.39 is 11.9 Å². The van der Waals surface area contributed by atoms with E-state index in [1.54, 1.807) is 0 Å². The van der Waals surface area contributed by atoms with Gasteiger partial charge < -0.3 is 15.2 Å². The Labute approximate surface area is 87.0 Å². The standard InChI is InChI=1S/C9H13NO5/c1-6(14-2)9(13)15-8(12)4-3-7(11)5-10/h1,3-5,10H2,2H3. The van der Waals surface area contributed by atoms with E-state index in [0.717, 1.165) is 0 Å². The van der Waals surface area contributed by atoms with Crippen molar-refractivity contribution in [3.8, 4) is 0 Å². The molecule has 0 aliphatic rings. The Hall–Kier alpha value is -1.69. The van der Waals surface area contributed by atoms with E-state index in [1.807, 2.05) is 0 Å². The molecule has 15 heavy (non-hydrogen) atoms. The van der Waals surface area contributed by atoms with Crippen LogP contribution in [-0.2, 0) is 23.9 Å². The van der Waals surface area contributed by atoms with Gasteiger partial charge in [-0.05, 0) is 6.58 Å². The summed E-state index contributed by atoms with van der Waals surface area (Å²) in [6, 6.07) is 0. The number of nitrogens with two attached hydrogens (primary N) is 1. The van der Waals surface area contributed by atoms with Crippen LogP contribution in [0.5, 0.6) is 0 Å². The summed E-state index contributed by atoms with van der Waals surface area (Å²) in [5, 5.41) is 0. The molecule has 0 fully saturated rings. The number of ketones is 1. The van der Waals surface area contributed by atoms with Crippen LogP contribution >= 0.6 is 0 Å². The van der Waals surface area contributed by atoms with Gasteiger partial charge in [0.2, 0.25) is 0 Å². The molecule has 6 heteroatoms. The Morgan fingerprint density at radius 2 is 1.87 bits per heavy atom. The molecule has 0 amide bonds. The number of esters is 2. The van der Waals surface area contributed by atoms with Crippen molar-refractivity contribution < 1.29 is 23.9 Å². The van der Waals surface area contributed by atoms with Crippen LogP contribution in [0.4, 0.5) is 0 Å². The lowest BCUT2D eigenvalue weighted by atomic mass is 10.2. The van der Waals surface area contributed by atoms with Gasteiger partial charge in [0.1, 0.15) is 5.78 Å². The fourth-order valence-corrected chi connectivity index (χ4v) is 0.638. The second-order valence-electron chi connectivity index (χ2n) is 2.63. The van der Waals surface area contributed by atoms with Crippen LogP contribution in [-0.4, -0.2) is 31.4 Å². The molecule has 0 spiro atoms. The van der Waals surface area contributed by atoms with E-state index in [1.165, 1.54) is 7.11 Å². The third kappa shape index (κ3) is 5.58. The Bertz CT molecular complexity index is 284. The number of Topliss-reactive ketones (excluding diaryl/α,β-unsaturated/α-hetero) is 1. The zero-order valence-electron chi connectivity index (χ0n) is 8.45. The molecule has 0 unspecified atom stereocenters. The predicted octanol–water partition coefficient (Wildman–Crippen LogP) is -0.476. The van der Waals surface area contributed by atoms with Crippen LogP contribution < -0.4 is 5.73 Å². The van der Waals surface area contributed by atoms with E-state index in [-0.39, 0.29) is 30.9 Å². The van der Waals surface area contributed by atoms with Crippen molar-refractivity contribution in [1.82, 2.24) is 0 Å². The van der Waals surface area contributed by atoms with Crippen LogP contribution in [0.1, 0.15) is 12.8 Å². The summed E-state index contributed by atoms with van der Waals surface area (Å²) in [6.07, 6.45) is -0.221. The van der Waals surface area contributed by atoms with E-state index >= 15 is 0 Å². The summed E-state index contributed by atoms with van der Waals surface area (Å²) >= 11 is 0. The Balaban J connectivity index is 3.89. The molecule has 0 aromatic heterocycles. The van der Waals surface area contributed by atoms with Gasteiger partial charge in [0, 0.05) is 6.42 Å². The number of hydrogen-bond acceptors (Lipinski definition) is 6. The maximum absolute atomic E-state index is 11.0. The van der Waals surface area contributed by atoms with Crippen LogP contribution in [0.2, 0.25) is 0 Å². The minimum atomic E-state index is -0.956. The summed E-state index contributed by atoms with van der Waals surface area (Å²) in [7, 11) is 1.23. The number of hydrogen-bond donors (Lipinski definition) is 1. The highest BCUT2D eigenvalue weighted by Gasteiger charge is 2.15. The highest BCUT2D eigenvalue weighted by Crippen LogP contribution is 1.99. The van der Waals surface area contributed by atoms with Gasteiger partial charge in [-0.1, -0.05) is 0 Å². The van der Waals surface area contributed by atoms with Crippen LogP contribution in [0, 0.1) is 0 Å². The third-order valence-corrected chi connectivity index (χ3v) is 1.52. The SMILES string of the molecule is C=C(OC)C(=O)OC(=O)CCC(=O)CN. The molecule has 0 aromatic rings. The zero-order valence-corrected chi connectivity index (χ0v) is 8.45. The largest absolute Gasteiger partial charge is 0.490 e. The van der Waals surface area contributed by atoms with E-state index in [4.69, 9.17) is 5.73 Å². The fraction of sp³-hybridized carbons (Fsp3) is 0.444. The topological polar surface area (TPSA) is 95.7 Å². The number of ether oxygens (including phenoxy) is 2. The maximum Gasteiger partial charge on any atom is 0.380 e. The second-order valence-corrected chi connectivity index (χ2v) is 2.63. The summed E-state index contributed by atoms with van der Waals surface area (Å²) in [5.41, 5.74) is 5.03. The van der Waals surface area contributed by atoms with E-state index in [0.29, 0.717) is 0 Å². The molecule has 0 saturated heterocycles. The molecule has 0 rings (SSSR count). The lowest BCUT2D eigenvalue weighted by Gasteiger charge is -2.03. The normalized spacial score (nSPS) is 9.20. The van der Waals surface area contributed by atoms with Crippen molar-refractivity contribution in [3.05, 3.63) is 12.3 Å². The Morgan fingerprint density at radius 1 is 1.27 bits per heavy atom. The van der Waals surface area contributed by atoms with Crippen LogP contribution in [0.25, 0.3) is 0 Å². The minimum Gasteiger partial charge on any atom is -0.490 e. The number of carbonyl (C=O) groups is 3. The molecule has 0 saturated carbocycles. The maximum atomic E-state index is 11.0. The first-order valence-corrected chi connectivity index (χ1v) is 4.21. The molecule has 2 N–H and O–H groups in total. The van der Waals surface area contributed by atoms with Crippen molar-refractivity contribution in [2.24, 2.45) is 5.73 Å². The van der Waals surface area contributed by atoms with Gasteiger partial charge in [-0.2, -0.15) is 0 Å². The summed E-state index contributed by atoms with van der Waals surface area (Å²) in [5.74, 6) is -2.30. The lowest BCUT2D eigenvalue weighted by Crippen LogP contribution is -2.18. The summed E-state index contributed by atoms with van der Waals surface area (Å²) < 4.78 is 8.75. The van der Waals surface area contributed by atoms with Crippen LogP contribution in [0.3, 0.4) is 0 Å². The number of carbonyl (C=O) groups excluding carboxylic acids is 3. The van der Waals surface area contributed by atoms with E-state index in [9.17, 15) is 14.4 Å². The molecule has 0 aliphatic carbocycles. The average Bonchev–Trinajstić information content (AvgIpc) is 2.24. The Kier molecular flexibility index (Phi) is 5.96. The van der Waals surface area contributed by atoms with Gasteiger partial charge in [0.15, 0.2) is 5.76 Å². The Morgan fingerprint density at radius 3 is 2.33 bits per heavy atom. The van der Waals surface area contributed by atoms with Gasteiger partial charge in [-0.25, -0.2) is 4.79 Å². The molecule has 6 nitrogen and oxygen atoms in total. The first-order chi connectivity index (χ1) is 7.01. The summed E-state index contributed by atoms with van der Waals surface area (Å²) in [6.45, 7) is 3.07. The monoisotopic (exact) mass is 215 g/mol. The van der Waals surface area contributed by atoms with Crippen molar-refractivity contribution in [2.45, 2.75) is 12.8 Å². The first-order valence-electron chi connectivity index (χ1n) is 4.21. The van der Waals surface area contributed by atoms with Gasteiger partial charge in [-0.3, -0.25) is 9.59 Å². The molecule has 84 valence electrons. The van der Waals surface area contributed by atoms with Crippen LogP contribution in [0.15, 0.2) is 12.3 Å². The van der Waals surface area contributed by atoms with Crippen molar-refractivity contribution in [3.63, 3.8) is 0 Å². The molecule has 0 heterocycles. The molecule has 0 radical (unpaired) electrons. The summed E-state index contributed by atoms with van der Waals surface area (Å²) in [4.78, 5) is 32.6. The van der Waals surface area contributed by atoms with Gasteiger partial charge in [-0.15, -0.1) is 0 Å². The highest BCUT2D eigenvalue weighted by molar-refractivity contribution is 5.95. The number of methoxy groups -OCH3 is 1. The molecular weight excluding hydrogens is 202 g/mol. The molecule has 0 bridgehead atoms. The minimum absolute atomic E-state index is 0.0396. The first kappa shape index (κ1) is 13.3. The van der Waals surface area contributed by atoms with Gasteiger partial charge in [0.05, 0.1) is 20.1 Å². The molecule has 0 atom stereocenters. The zero-order chi connectivity index (χ0) is 11.8. The second kappa shape index (κ2) is 6.72. The average molecular weight is 215 g/mol. The quantitative estimate of drug-likeness (QED) is 0.278. The van der Waals surface area contributed by atoms with Crippen molar-refractivity contribution in [2.75, 3.05) is 13.7 Å². The fourth-order valence-electron chi connectivity index (χ4n) is 0.638. The third-order valence-electron chi connectivity index (χ3n) is 1.52. The van der Waals surface area contributed by atoms with Crippen molar-refractivity contribution in [1.29, 1.82) is 0 Å². The molecular formula is C9H13NO5. The van der Waals surface area contributed by atoms with Crippen molar-refractivity contribution >= 4 is 17.7 Å². The highest BCUT2D eigenvalue weighted by atomic mass is 16.6. The molecule has 0 aromatic carbocycles. The van der Waals surface area contributed by atoms with Gasteiger partial charge >= 0.3 is 11.9 Å². The smallest absolute Gasteiger partial charge is 0.380 e. The number of rotatable bonds is 6. The van der Waals surface area contributed by atoms with E-state index in [2.05, 4.69) is 16.1 Å². The van der Waals surface area contributed by atoms with Gasteiger partial charge in [0.25, 0.3) is 0 Å². The predicted molar refractivity (Wildman–Crippen MR) is 50.5 cm³/mol. The molecule has 0 aliphatic heterocycles.